The number of hydrogen-bond donors (Lipinski definition) is 3. The van der Waals surface area contributed by atoms with Gasteiger partial charge in [-0.2, -0.15) is 0 Å². The van der Waals surface area contributed by atoms with Gasteiger partial charge in [0.2, 0.25) is 5.91 Å². The molecule has 0 radical (unpaired) electrons. The van der Waals surface area contributed by atoms with Crippen LogP contribution < -0.4 is 10.6 Å². The number of carbonyl (C=O) groups excluding carboxylic acids is 1. The first kappa shape index (κ1) is 15.3. The molecular formula is C15H21N3O3. The third kappa shape index (κ3) is 5.43. The Balaban J connectivity index is 1.75. The van der Waals surface area contributed by atoms with Gasteiger partial charge in [-0.1, -0.05) is 12.1 Å². The van der Waals surface area contributed by atoms with E-state index in [1.165, 1.54) is 12.8 Å². The minimum atomic E-state index is -1.01. The summed E-state index contributed by atoms with van der Waals surface area (Å²) < 4.78 is 0. The molecule has 0 bridgehead atoms. The minimum absolute atomic E-state index is 0.0113. The summed E-state index contributed by atoms with van der Waals surface area (Å²) in [5.41, 5.74) is 1.80. The van der Waals surface area contributed by atoms with Gasteiger partial charge in [0, 0.05) is 12.2 Å². The normalized spacial score (nSPS) is 14.9. The molecule has 21 heavy (non-hydrogen) atoms. The number of carbonyl (C=O) groups is 2. The van der Waals surface area contributed by atoms with Crippen molar-refractivity contribution in [2.75, 3.05) is 31.5 Å². The van der Waals surface area contributed by atoms with Gasteiger partial charge in [0.05, 0.1) is 6.54 Å². The van der Waals surface area contributed by atoms with Gasteiger partial charge in [-0.15, -0.1) is 0 Å². The average Bonchev–Trinajstić information content (AvgIpc) is 2.93. The van der Waals surface area contributed by atoms with Gasteiger partial charge >= 0.3 is 6.09 Å². The van der Waals surface area contributed by atoms with Gasteiger partial charge in [-0.25, -0.2) is 4.79 Å². The number of likely N-dealkylation sites (tertiary alicyclic amines) is 1. The van der Waals surface area contributed by atoms with Gasteiger partial charge in [0.1, 0.15) is 0 Å². The predicted molar refractivity (Wildman–Crippen MR) is 80.5 cm³/mol. The monoisotopic (exact) mass is 291 g/mol. The Hall–Kier alpha value is -2.08. The first-order valence-corrected chi connectivity index (χ1v) is 7.21. The van der Waals surface area contributed by atoms with E-state index in [0.29, 0.717) is 19.5 Å². The molecule has 1 fully saturated rings. The van der Waals surface area contributed by atoms with E-state index in [9.17, 15) is 9.59 Å². The fourth-order valence-corrected chi connectivity index (χ4v) is 2.41. The van der Waals surface area contributed by atoms with Crippen LogP contribution in [0.25, 0.3) is 0 Å². The van der Waals surface area contributed by atoms with Crippen LogP contribution in [0, 0.1) is 0 Å². The van der Waals surface area contributed by atoms with Gasteiger partial charge in [-0.05, 0) is 50.0 Å². The third-order valence-electron chi connectivity index (χ3n) is 3.49. The number of amides is 2. The smallest absolute Gasteiger partial charge is 0.404 e. The molecule has 0 saturated carbocycles. The van der Waals surface area contributed by atoms with E-state index in [1.807, 2.05) is 24.3 Å². The van der Waals surface area contributed by atoms with E-state index < -0.39 is 6.09 Å². The highest BCUT2D eigenvalue weighted by Gasteiger charge is 2.14. The van der Waals surface area contributed by atoms with Gasteiger partial charge in [0.15, 0.2) is 0 Å². The predicted octanol–water partition coefficient (Wildman–Crippen LogP) is 1.53. The van der Waals surface area contributed by atoms with E-state index in [1.54, 1.807) is 0 Å². The fraction of sp³-hybridized carbons (Fsp3) is 0.467. The second-order valence-corrected chi connectivity index (χ2v) is 5.21. The Morgan fingerprint density at radius 1 is 1.14 bits per heavy atom. The zero-order chi connectivity index (χ0) is 15.1. The molecule has 0 atom stereocenters. The summed E-state index contributed by atoms with van der Waals surface area (Å²) in [5, 5.41) is 13.7. The van der Waals surface area contributed by atoms with Crippen molar-refractivity contribution < 1.29 is 14.7 Å². The molecule has 6 heteroatoms. The van der Waals surface area contributed by atoms with Crippen molar-refractivity contribution in [1.29, 1.82) is 0 Å². The summed E-state index contributed by atoms with van der Waals surface area (Å²) in [5.74, 6) is 0.0113. The molecule has 1 heterocycles. The first-order chi connectivity index (χ1) is 10.1. The van der Waals surface area contributed by atoms with Crippen LogP contribution in [0.4, 0.5) is 10.5 Å². The lowest BCUT2D eigenvalue weighted by Crippen LogP contribution is -2.30. The number of nitrogens with zero attached hydrogens (tertiary/aromatic N) is 1. The largest absolute Gasteiger partial charge is 0.465 e. The summed E-state index contributed by atoms with van der Waals surface area (Å²) in [4.78, 5) is 24.4. The zero-order valence-electron chi connectivity index (χ0n) is 12.0. The first-order valence-electron chi connectivity index (χ1n) is 7.21. The Bertz CT molecular complexity index is 481. The standard InChI is InChI=1S/C15H21N3O3/c19-14(11-18-9-1-2-10-18)17-13-5-3-12(4-6-13)7-8-16-15(20)21/h3-6,16H,1-2,7-11H2,(H,17,19)(H,20,21). The van der Waals surface area contributed by atoms with Gasteiger partial charge in [-0.3, -0.25) is 9.69 Å². The van der Waals surface area contributed by atoms with Crippen molar-refractivity contribution in [3.63, 3.8) is 0 Å². The van der Waals surface area contributed by atoms with Crippen LogP contribution in [0.15, 0.2) is 24.3 Å². The van der Waals surface area contributed by atoms with Crippen molar-refractivity contribution >= 4 is 17.7 Å². The highest BCUT2D eigenvalue weighted by atomic mass is 16.4. The SMILES string of the molecule is O=C(O)NCCc1ccc(NC(=O)CN2CCCC2)cc1. The maximum absolute atomic E-state index is 11.9. The maximum atomic E-state index is 11.9. The number of nitrogens with one attached hydrogen (secondary N) is 2. The minimum Gasteiger partial charge on any atom is -0.465 e. The van der Waals surface area contributed by atoms with Crippen molar-refractivity contribution in [1.82, 2.24) is 10.2 Å². The number of carboxylic acid groups (broad SMARTS) is 1. The third-order valence-corrected chi connectivity index (χ3v) is 3.49. The van der Waals surface area contributed by atoms with Crippen LogP contribution in [0.1, 0.15) is 18.4 Å². The average molecular weight is 291 g/mol. The van der Waals surface area contributed by atoms with Gasteiger partial charge < -0.3 is 15.7 Å². The van der Waals surface area contributed by atoms with Crippen molar-refractivity contribution in [2.45, 2.75) is 19.3 Å². The fourth-order valence-electron chi connectivity index (χ4n) is 2.41. The van der Waals surface area contributed by atoms with E-state index in [-0.39, 0.29) is 5.91 Å². The van der Waals surface area contributed by atoms with E-state index in [0.717, 1.165) is 24.3 Å². The summed E-state index contributed by atoms with van der Waals surface area (Å²) in [6.45, 7) is 2.84. The molecule has 6 nitrogen and oxygen atoms in total. The molecule has 3 N–H and O–H groups in total. The van der Waals surface area contributed by atoms with Crippen LogP contribution in [0.2, 0.25) is 0 Å². The lowest BCUT2D eigenvalue weighted by Gasteiger charge is -2.14. The van der Waals surface area contributed by atoms with Gasteiger partial charge in [0.25, 0.3) is 0 Å². The Morgan fingerprint density at radius 2 is 1.81 bits per heavy atom. The van der Waals surface area contributed by atoms with Crippen LogP contribution in [-0.4, -0.2) is 48.2 Å². The summed E-state index contributed by atoms with van der Waals surface area (Å²) >= 11 is 0. The molecular weight excluding hydrogens is 270 g/mol. The quantitative estimate of drug-likeness (QED) is 0.742. The molecule has 0 aromatic heterocycles. The van der Waals surface area contributed by atoms with Crippen LogP contribution in [0.5, 0.6) is 0 Å². The zero-order valence-corrected chi connectivity index (χ0v) is 12.0. The van der Waals surface area contributed by atoms with Crippen LogP contribution >= 0.6 is 0 Å². The van der Waals surface area contributed by atoms with Crippen LogP contribution in [0.3, 0.4) is 0 Å². The number of anilines is 1. The lowest BCUT2D eigenvalue weighted by molar-refractivity contribution is -0.117. The highest BCUT2D eigenvalue weighted by Crippen LogP contribution is 2.11. The maximum Gasteiger partial charge on any atom is 0.404 e. The molecule has 1 aliphatic heterocycles. The number of hydrogen-bond acceptors (Lipinski definition) is 3. The molecule has 1 aromatic carbocycles. The molecule has 2 rings (SSSR count). The molecule has 1 saturated heterocycles. The van der Waals surface area contributed by atoms with Crippen LogP contribution in [-0.2, 0) is 11.2 Å². The topological polar surface area (TPSA) is 81.7 Å². The molecule has 0 unspecified atom stereocenters. The van der Waals surface area contributed by atoms with E-state index in [4.69, 9.17) is 5.11 Å². The molecule has 1 aliphatic rings. The highest BCUT2D eigenvalue weighted by molar-refractivity contribution is 5.92. The molecule has 0 spiro atoms. The summed E-state index contributed by atoms with van der Waals surface area (Å²) in [6.07, 6.45) is 1.97. The van der Waals surface area contributed by atoms with E-state index >= 15 is 0 Å². The van der Waals surface area contributed by atoms with Crippen molar-refractivity contribution in [3.8, 4) is 0 Å². The number of benzene rings is 1. The molecule has 114 valence electrons. The molecule has 0 aliphatic carbocycles. The second-order valence-electron chi connectivity index (χ2n) is 5.21. The van der Waals surface area contributed by atoms with Crippen molar-refractivity contribution in [3.05, 3.63) is 29.8 Å². The second kappa shape index (κ2) is 7.64. The molecule has 2 amide bonds. The Kier molecular flexibility index (Phi) is 5.57. The van der Waals surface area contributed by atoms with Crippen molar-refractivity contribution in [2.24, 2.45) is 0 Å². The van der Waals surface area contributed by atoms with E-state index in [2.05, 4.69) is 15.5 Å². The lowest BCUT2D eigenvalue weighted by atomic mass is 10.1. The number of rotatable bonds is 6. The summed E-state index contributed by atoms with van der Waals surface area (Å²) in [6, 6.07) is 7.49. The Labute approximate surface area is 124 Å². The molecule has 1 aromatic rings. The summed E-state index contributed by atoms with van der Waals surface area (Å²) in [7, 11) is 0. The Morgan fingerprint density at radius 3 is 2.43 bits per heavy atom.